The lowest BCUT2D eigenvalue weighted by Crippen LogP contribution is -2.24. The second-order valence-corrected chi connectivity index (χ2v) is 5.60. The van der Waals surface area contributed by atoms with Gasteiger partial charge in [0.05, 0.1) is 17.6 Å². The molecule has 0 bridgehead atoms. The first-order valence-electron chi connectivity index (χ1n) is 7.05. The molecule has 3 nitrogen and oxygen atoms in total. The van der Waals surface area contributed by atoms with Crippen molar-refractivity contribution in [3.63, 3.8) is 0 Å². The molecule has 0 amide bonds. The van der Waals surface area contributed by atoms with Crippen molar-refractivity contribution in [3.8, 4) is 0 Å². The van der Waals surface area contributed by atoms with Crippen LogP contribution in [0.25, 0.3) is 11.0 Å². The zero-order valence-electron chi connectivity index (χ0n) is 12.1. The van der Waals surface area contributed by atoms with Crippen LogP contribution in [0.2, 0.25) is 5.02 Å². The number of hydrogen-bond acceptors (Lipinski definition) is 1. The molecule has 0 aliphatic carbocycles. The Bertz CT molecular complexity index is 861. The van der Waals surface area contributed by atoms with Crippen molar-refractivity contribution in [1.82, 2.24) is 9.13 Å². The first kappa shape index (κ1) is 14.0. The fourth-order valence-electron chi connectivity index (χ4n) is 2.68. The van der Waals surface area contributed by atoms with Gasteiger partial charge in [-0.25, -0.2) is 4.79 Å². The predicted octanol–water partition coefficient (Wildman–Crippen LogP) is 3.83. The normalized spacial score (nSPS) is 11.2. The van der Waals surface area contributed by atoms with Crippen LogP contribution in [0.4, 0.5) is 0 Å². The highest BCUT2D eigenvalue weighted by molar-refractivity contribution is 6.31. The summed E-state index contributed by atoms with van der Waals surface area (Å²) in [4.78, 5) is 12.6. The second-order valence-electron chi connectivity index (χ2n) is 5.20. The molecular formula is C17H17ClN2O. The molecule has 0 aliphatic heterocycles. The van der Waals surface area contributed by atoms with Crippen molar-refractivity contribution in [2.24, 2.45) is 0 Å². The molecule has 4 heteroatoms. The summed E-state index contributed by atoms with van der Waals surface area (Å²) in [6.07, 6.45) is 0. The Balaban J connectivity index is 2.17. The molecule has 3 aromatic rings. The van der Waals surface area contributed by atoms with Crippen LogP contribution in [-0.2, 0) is 13.1 Å². The van der Waals surface area contributed by atoms with E-state index < -0.39 is 0 Å². The van der Waals surface area contributed by atoms with E-state index in [1.807, 2.05) is 56.3 Å². The number of fused-ring (bicyclic) bond motifs is 1. The van der Waals surface area contributed by atoms with Crippen LogP contribution in [0, 0.1) is 6.92 Å². The van der Waals surface area contributed by atoms with Gasteiger partial charge in [-0.05, 0) is 43.2 Å². The molecule has 0 N–H and O–H groups in total. The number of hydrogen-bond donors (Lipinski definition) is 0. The van der Waals surface area contributed by atoms with Crippen LogP contribution in [0.15, 0.2) is 47.3 Å². The number of nitrogens with zero attached hydrogens (tertiary/aromatic N) is 2. The lowest BCUT2D eigenvalue weighted by molar-refractivity contribution is 0.684. The molecule has 0 radical (unpaired) electrons. The summed E-state index contributed by atoms with van der Waals surface area (Å²) >= 11 is 6.30. The Morgan fingerprint density at radius 2 is 1.71 bits per heavy atom. The molecule has 0 atom stereocenters. The molecule has 0 aliphatic rings. The smallest absolute Gasteiger partial charge is 0.292 e. The summed E-state index contributed by atoms with van der Waals surface area (Å²) in [7, 11) is 0. The van der Waals surface area contributed by atoms with Gasteiger partial charge in [0.15, 0.2) is 0 Å². The Morgan fingerprint density at radius 3 is 2.33 bits per heavy atom. The van der Waals surface area contributed by atoms with E-state index in [0.717, 1.165) is 22.2 Å². The molecule has 0 spiro atoms. The molecule has 1 heterocycles. The van der Waals surface area contributed by atoms with Gasteiger partial charge in [-0.15, -0.1) is 0 Å². The third-order valence-electron chi connectivity index (χ3n) is 3.78. The molecule has 0 fully saturated rings. The highest BCUT2D eigenvalue weighted by Gasteiger charge is 2.12. The van der Waals surface area contributed by atoms with Gasteiger partial charge in [-0.1, -0.05) is 35.9 Å². The fraction of sp³-hybridized carbons (Fsp3) is 0.235. The van der Waals surface area contributed by atoms with Gasteiger partial charge in [-0.2, -0.15) is 0 Å². The van der Waals surface area contributed by atoms with Crippen molar-refractivity contribution >= 4 is 22.6 Å². The third kappa shape index (κ3) is 2.38. The van der Waals surface area contributed by atoms with Crippen LogP contribution in [-0.4, -0.2) is 9.13 Å². The molecule has 2 aromatic carbocycles. The van der Waals surface area contributed by atoms with Crippen molar-refractivity contribution in [1.29, 1.82) is 0 Å². The number of imidazole rings is 1. The molecule has 0 unspecified atom stereocenters. The molecule has 0 saturated heterocycles. The zero-order chi connectivity index (χ0) is 15.0. The number of benzene rings is 2. The summed E-state index contributed by atoms with van der Waals surface area (Å²) < 4.78 is 3.58. The van der Waals surface area contributed by atoms with Crippen LogP contribution in [0.3, 0.4) is 0 Å². The topological polar surface area (TPSA) is 26.9 Å². The van der Waals surface area contributed by atoms with Gasteiger partial charge < -0.3 is 0 Å². The Kier molecular flexibility index (Phi) is 3.60. The summed E-state index contributed by atoms with van der Waals surface area (Å²) in [6.45, 7) is 5.14. The monoisotopic (exact) mass is 300 g/mol. The summed E-state index contributed by atoms with van der Waals surface area (Å²) in [5.41, 5.74) is 4.00. The average Bonchev–Trinajstić information content (AvgIpc) is 2.74. The number of halogens is 1. The molecule has 3 rings (SSSR count). The molecular weight excluding hydrogens is 284 g/mol. The summed E-state index contributed by atoms with van der Waals surface area (Å²) in [5, 5.41) is 0.704. The van der Waals surface area contributed by atoms with Gasteiger partial charge >= 0.3 is 5.69 Å². The van der Waals surface area contributed by atoms with Gasteiger partial charge in [0, 0.05) is 11.6 Å². The van der Waals surface area contributed by atoms with E-state index in [4.69, 9.17) is 11.6 Å². The number of para-hydroxylation sites is 2. The highest BCUT2D eigenvalue weighted by Crippen LogP contribution is 2.20. The first-order chi connectivity index (χ1) is 10.1. The molecule has 108 valence electrons. The average molecular weight is 301 g/mol. The number of aryl methyl sites for hydroxylation is 2. The lowest BCUT2D eigenvalue weighted by atomic mass is 10.1. The van der Waals surface area contributed by atoms with Gasteiger partial charge in [0.1, 0.15) is 0 Å². The summed E-state index contributed by atoms with van der Waals surface area (Å²) in [5.74, 6) is 0. The minimum absolute atomic E-state index is 0.00958. The number of rotatable bonds is 3. The number of aromatic nitrogens is 2. The molecule has 1 aromatic heterocycles. The van der Waals surface area contributed by atoms with E-state index in [-0.39, 0.29) is 5.69 Å². The first-order valence-corrected chi connectivity index (χ1v) is 7.42. The van der Waals surface area contributed by atoms with E-state index in [2.05, 4.69) is 0 Å². The Labute approximate surface area is 128 Å². The lowest BCUT2D eigenvalue weighted by Gasteiger charge is -2.07. The maximum absolute atomic E-state index is 12.6. The van der Waals surface area contributed by atoms with Crippen LogP contribution in [0.5, 0.6) is 0 Å². The maximum Gasteiger partial charge on any atom is 0.329 e. The Morgan fingerprint density at radius 1 is 1.05 bits per heavy atom. The third-order valence-corrected chi connectivity index (χ3v) is 4.13. The largest absolute Gasteiger partial charge is 0.329 e. The minimum Gasteiger partial charge on any atom is -0.292 e. The maximum atomic E-state index is 12.6. The second kappa shape index (κ2) is 5.41. The van der Waals surface area contributed by atoms with Crippen LogP contribution < -0.4 is 5.69 Å². The SMILES string of the molecule is CCn1c(=O)n(Cc2ccc(C)cc2Cl)c2ccccc21. The van der Waals surface area contributed by atoms with Crippen molar-refractivity contribution in [3.05, 3.63) is 69.1 Å². The van der Waals surface area contributed by atoms with Crippen molar-refractivity contribution < 1.29 is 0 Å². The van der Waals surface area contributed by atoms with Gasteiger partial charge in [-0.3, -0.25) is 9.13 Å². The zero-order valence-corrected chi connectivity index (χ0v) is 12.9. The predicted molar refractivity (Wildman–Crippen MR) is 87.2 cm³/mol. The highest BCUT2D eigenvalue weighted by atomic mass is 35.5. The van der Waals surface area contributed by atoms with E-state index in [1.165, 1.54) is 0 Å². The quantitative estimate of drug-likeness (QED) is 0.722. The van der Waals surface area contributed by atoms with Crippen LogP contribution in [0.1, 0.15) is 18.1 Å². The van der Waals surface area contributed by atoms with E-state index in [9.17, 15) is 4.79 Å². The Hall–Kier alpha value is -2.00. The van der Waals surface area contributed by atoms with E-state index >= 15 is 0 Å². The van der Waals surface area contributed by atoms with Gasteiger partial charge in [0.2, 0.25) is 0 Å². The van der Waals surface area contributed by atoms with Crippen molar-refractivity contribution in [2.45, 2.75) is 26.9 Å². The minimum atomic E-state index is 0.00958. The van der Waals surface area contributed by atoms with Crippen LogP contribution >= 0.6 is 11.6 Å². The van der Waals surface area contributed by atoms with E-state index in [1.54, 1.807) is 9.13 Å². The molecule has 21 heavy (non-hydrogen) atoms. The fourth-order valence-corrected chi connectivity index (χ4v) is 2.98. The molecule has 0 saturated carbocycles. The van der Waals surface area contributed by atoms with Crippen molar-refractivity contribution in [2.75, 3.05) is 0 Å². The summed E-state index contributed by atoms with van der Waals surface area (Å²) in [6, 6.07) is 13.8. The standard InChI is InChI=1S/C17H17ClN2O/c1-3-19-15-6-4-5-7-16(15)20(17(19)21)11-13-9-8-12(2)10-14(13)18/h4-10H,3,11H2,1-2H3. The van der Waals surface area contributed by atoms with E-state index in [0.29, 0.717) is 18.1 Å². The van der Waals surface area contributed by atoms with Gasteiger partial charge in [0.25, 0.3) is 0 Å².